The molecule has 0 unspecified atom stereocenters. The molecule has 1 aliphatic heterocycles. The minimum atomic E-state index is -0.478. The van der Waals surface area contributed by atoms with Crippen molar-refractivity contribution >= 4 is 46.0 Å². The zero-order valence-electron chi connectivity index (χ0n) is 21.2. The Morgan fingerprint density at radius 2 is 1.76 bits per heavy atom. The van der Waals surface area contributed by atoms with Crippen molar-refractivity contribution in [3.8, 4) is 11.5 Å². The van der Waals surface area contributed by atoms with Crippen LogP contribution in [-0.4, -0.2) is 33.3 Å². The maximum absolute atomic E-state index is 13.1. The van der Waals surface area contributed by atoms with E-state index in [2.05, 4.69) is 26.0 Å². The number of thioether (sulfide) groups is 1. The monoisotopic (exact) mass is 548 g/mol. The van der Waals surface area contributed by atoms with Crippen molar-refractivity contribution in [2.45, 2.75) is 32.7 Å². The molecule has 3 aromatic rings. The lowest BCUT2D eigenvalue weighted by Crippen LogP contribution is -2.27. The number of carbonyl (C=O) groups excluding carboxylic acids is 1. The van der Waals surface area contributed by atoms with Gasteiger partial charge in [-0.05, 0) is 47.7 Å². The Hall–Kier alpha value is -3.69. The maximum atomic E-state index is 13.1. The molecule has 1 heterocycles. The molecule has 0 radical (unpaired) electrons. The second kappa shape index (κ2) is 12.7. The number of amides is 1. The third-order valence-corrected chi connectivity index (χ3v) is 7.60. The minimum Gasteiger partial charge on any atom is -0.490 e. The van der Waals surface area contributed by atoms with Gasteiger partial charge in [-0.25, -0.2) is 0 Å². The van der Waals surface area contributed by atoms with Crippen LogP contribution in [0.25, 0.3) is 6.08 Å². The first-order valence-corrected chi connectivity index (χ1v) is 13.5. The van der Waals surface area contributed by atoms with Crippen LogP contribution in [0.2, 0.25) is 0 Å². The summed E-state index contributed by atoms with van der Waals surface area (Å²) >= 11 is 6.61. The van der Waals surface area contributed by atoms with Crippen LogP contribution in [0.3, 0.4) is 0 Å². The van der Waals surface area contributed by atoms with Gasteiger partial charge >= 0.3 is 0 Å². The van der Waals surface area contributed by atoms with E-state index in [0.29, 0.717) is 33.0 Å². The number of non-ortho nitro benzene ring substituents is 1. The van der Waals surface area contributed by atoms with Crippen LogP contribution < -0.4 is 9.47 Å². The molecule has 7 nitrogen and oxygen atoms in total. The zero-order valence-corrected chi connectivity index (χ0v) is 22.8. The molecule has 196 valence electrons. The van der Waals surface area contributed by atoms with Crippen molar-refractivity contribution in [3.63, 3.8) is 0 Å². The molecule has 38 heavy (non-hydrogen) atoms. The third-order valence-electron chi connectivity index (χ3n) is 6.22. The van der Waals surface area contributed by atoms with Crippen LogP contribution in [0.15, 0.2) is 77.7 Å². The predicted octanol–water partition coefficient (Wildman–Crippen LogP) is 6.97. The molecule has 0 aromatic heterocycles. The van der Waals surface area contributed by atoms with E-state index >= 15 is 0 Å². The number of thiocarbonyl (C=S) groups is 1. The number of hydrogen-bond donors (Lipinski definition) is 0. The van der Waals surface area contributed by atoms with Gasteiger partial charge in [0, 0.05) is 17.7 Å². The number of benzene rings is 3. The second-order valence-corrected chi connectivity index (χ2v) is 10.5. The van der Waals surface area contributed by atoms with Gasteiger partial charge in [-0.1, -0.05) is 80.3 Å². The highest BCUT2D eigenvalue weighted by molar-refractivity contribution is 8.26. The molecule has 0 aliphatic carbocycles. The molecular formula is C29H28N2O5S2. The lowest BCUT2D eigenvalue weighted by Gasteiger charge is -2.14. The van der Waals surface area contributed by atoms with Gasteiger partial charge in [-0.2, -0.15) is 0 Å². The lowest BCUT2D eigenvalue weighted by atomic mass is 9.99. The first-order valence-electron chi connectivity index (χ1n) is 12.3. The van der Waals surface area contributed by atoms with E-state index in [9.17, 15) is 14.9 Å². The van der Waals surface area contributed by atoms with Gasteiger partial charge in [0.1, 0.15) is 29.0 Å². The van der Waals surface area contributed by atoms with Crippen LogP contribution in [0.1, 0.15) is 42.9 Å². The van der Waals surface area contributed by atoms with Crippen molar-refractivity contribution in [2.24, 2.45) is 0 Å². The van der Waals surface area contributed by atoms with E-state index in [1.165, 1.54) is 40.4 Å². The highest BCUT2D eigenvalue weighted by Crippen LogP contribution is 2.36. The number of nitrogens with zero attached hydrogens (tertiary/aromatic N) is 2. The third kappa shape index (κ3) is 6.79. The quantitative estimate of drug-likeness (QED) is 0.0841. The SMILES string of the molecule is CC[C@@H](C)c1ccc(OCCOc2ccc([N+](=O)[O-])cc2/C=C2\SC(=S)N(Cc3ccccc3)C2=O)cc1. The van der Waals surface area contributed by atoms with Crippen molar-refractivity contribution in [1.29, 1.82) is 0 Å². The van der Waals surface area contributed by atoms with Crippen LogP contribution in [-0.2, 0) is 11.3 Å². The zero-order chi connectivity index (χ0) is 27.1. The second-order valence-electron chi connectivity index (χ2n) is 8.81. The Kier molecular flexibility index (Phi) is 9.15. The molecular weight excluding hydrogens is 520 g/mol. The average molecular weight is 549 g/mol. The van der Waals surface area contributed by atoms with E-state index in [0.717, 1.165) is 17.7 Å². The van der Waals surface area contributed by atoms with Gasteiger partial charge in [0.15, 0.2) is 0 Å². The molecule has 0 saturated carbocycles. The molecule has 1 aliphatic rings. The normalized spacial score (nSPS) is 15.1. The van der Waals surface area contributed by atoms with E-state index in [-0.39, 0.29) is 24.8 Å². The summed E-state index contributed by atoms with van der Waals surface area (Å²) in [6.45, 7) is 5.22. The number of hydrogen-bond acceptors (Lipinski definition) is 7. The number of ether oxygens (including phenoxy) is 2. The van der Waals surface area contributed by atoms with Gasteiger partial charge in [0.2, 0.25) is 0 Å². The Morgan fingerprint density at radius 3 is 2.45 bits per heavy atom. The molecule has 1 fully saturated rings. The van der Waals surface area contributed by atoms with Crippen LogP contribution in [0.4, 0.5) is 5.69 Å². The largest absolute Gasteiger partial charge is 0.490 e. The fourth-order valence-electron chi connectivity index (χ4n) is 3.88. The molecule has 1 saturated heterocycles. The Balaban J connectivity index is 1.45. The fraction of sp³-hybridized carbons (Fsp3) is 0.241. The Morgan fingerprint density at radius 1 is 1.05 bits per heavy atom. The van der Waals surface area contributed by atoms with Crippen molar-refractivity contribution in [2.75, 3.05) is 13.2 Å². The summed E-state index contributed by atoms with van der Waals surface area (Å²) in [6.07, 6.45) is 2.67. The van der Waals surface area contributed by atoms with Gasteiger partial charge < -0.3 is 9.47 Å². The van der Waals surface area contributed by atoms with Gasteiger partial charge in [0.25, 0.3) is 11.6 Å². The van der Waals surface area contributed by atoms with Crippen LogP contribution in [0.5, 0.6) is 11.5 Å². The fourth-order valence-corrected chi connectivity index (χ4v) is 5.12. The van der Waals surface area contributed by atoms with Gasteiger partial charge in [-0.15, -0.1) is 0 Å². The van der Waals surface area contributed by atoms with E-state index in [1.807, 2.05) is 42.5 Å². The molecule has 0 spiro atoms. The highest BCUT2D eigenvalue weighted by Gasteiger charge is 2.32. The molecule has 0 bridgehead atoms. The Labute approximate surface area is 231 Å². The number of rotatable bonds is 11. The summed E-state index contributed by atoms with van der Waals surface area (Å²) in [4.78, 5) is 25.9. The van der Waals surface area contributed by atoms with Crippen LogP contribution in [0, 0.1) is 10.1 Å². The van der Waals surface area contributed by atoms with E-state index < -0.39 is 4.92 Å². The van der Waals surface area contributed by atoms with Crippen molar-refractivity contribution in [1.82, 2.24) is 4.90 Å². The van der Waals surface area contributed by atoms with E-state index in [4.69, 9.17) is 21.7 Å². The summed E-state index contributed by atoms with van der Waals surface area (Å²) in [5, 5.41) is 11.4. The molecule has 4 rings (SSSR count). The number of carbonyl (C=O) groups is 1. The Bertz CT molecular complexity index is 1340. The first kappa shape index (κ1) is 27.3. The highest BCUT2D eigenvalue weighted by atomic mass is 32.2. The van der Waals surface area contributed by atoms with Crippen molar-refractivity contribution in [3.05, 3.63) is 105 Å². The molecule has 9 heteroatoms. The molecule has 3 aromatic carbocycles. The van der Waals surface area contributed by atoms with Gasteiger partial charge in [0.05, 0.1) is 16.4 Å². The number of nitro groups is 1. The molecule has 1 amide bonds. The first-order chi connectivity index (χ1) is 18.4. The van der Waals surface area contributed by atoms with Crippen molar-refractivity contribution < 1.29 is 19.2 Å². The maximum Gasteiger partial charge on any atom is 0.270 e. The lowest BCUT2D eigenvalue weighted by molar-refractivity contribution is -0.384. The van der Waals surface area contributed by atoms with Crippen LogP contribution >= 0.6 is 24.0 Å². The summed E-state index contributed by atoms with van der Waals surface area (Å²) in [5.41, 5.74) is 2.55. The minimum absolute atomic E-state index is 0.0963. The summed E-state index contributed by atoms with van der Waals surface area (Å²) < 4.78 is 12.1. The average Bonchev–Trinajstić information content (AvgIpc) is 3.19. The topological polar surface area (TPSA) is 81.9 Å². The summed E-state index contributed by atoms with van der Waals surface area (Å²) in [6, 6.07) is 21.9. The summed E-state index contributed by atoms with van der Waals surface area (Å²) in [7, 11) is 0. The standard InChI is InChI=1S/C29H28N2O5S2/c1-3-20(2)22-9-12-25(13-10-22)35-15-16-36-26-14-11-24(31(33)34)17-23(26)18-27-28(32)30(29(37)38-27)19-21-7-5-4-6-8-21/h4-14,17-18,20H,3,15-16,19H2,1-2H3/b27-18-/t20-/m1/s1. The smallest absolute Gasteiger partial charge is 0.270 e. The van der Waals surface area contributed by atoms with Gasteiger partial charge in [-0.3, -0.25) is 19.8 Å². The molecule has 1 atom stereocenters. The summed E-state index contributed by atoms with van der Waals surface area (Å²) in [5.74, 6) is 1.41. The molecule has 0 N–H and O–H groups in total. The van der Waals surface area contributed by atoms with E-state index in [1.54, 1.807) is 6.08 Å². The predicted molar refractivity (Wildman–Crippen MR) is 154 cm³/mol. The number of nitro benzene ring substituents is 1.